The van der Waals surface area contributed by atoms with Crippen molar-refractivity contribution in [1.29, 1.82) is 0 Å². The number of hydrogen-bond acceptors (Lipinski definition) is 3. The molecule has 0 aromatic carbocycles. The van der Waals surface area contributed by atoms with Gasteiger partial charge in [0.2, 0.25) is 0 Å². The first-order valence-electron chi connectivity index (χ1n) is 19.8. The van der Waals surface area contributed by atoms with Crippen LogP contribution in [0.1, 0.15) is 154 Å². The second-order valence-electron chi connectivity index (χ2n) is 21.2. The fourth-order valence-electron chi connectivity index (χ4n) is 18.4. The standard InChI is InChI=1S/C40H58S3/c1-25-2-27-3-26(1)11-35(10-25,12-27)41-38-19-34-20-39(22-38,42-36-13-28-4-29(14-36)6-30(5-28)15-36)24-40(21-34,23-38)43-37-16-31-7-32(17-37)9-33(8-31)18-37/h25-34H,1-24H2. The summed E-state index contributed by atoms with van der Waals surface area (Å²) >= 11 is 8.31. The minimum atomic E-state index is 0.635. The topological polar surface area (TPSA) is 0 Å². The molecule has 0 saturated heterocycles. The van der Waals surface area contributed by atoms with E-state index in [-0.39, 0.29) is 0 Å². The maximum atomic E-state index is 2.77. The second-order valence-corrected chi connectivity index (χ2v) is 27.0. The molecule has 0 aromatic rings. The van der Waals surface area contributed by atoms with E-state index in [9.17, 15) is 0 Å². The Balaban J connectivity index is 0.920. The summed E-state index contributed by atoms with van der Waals surface area (Å²) < 4.78 is 3.99. The van der Waals surface area contributed by atoms with Gasteiger partial charge in [-0.1, -0.05) is 0 Å². The summed E-state index contributed by atoms with van der Waals surface area (Å²) in [6.07, 6.45) is 39.0. The molecule has 16 bridgehead atoms. The maximum absolute atomic E-state index is 2.77. The summed E-state index contributed by atoms with van der Waals surface area (Å²) in [6, 6.07) is 0. The summed E-state index contributed by atoms with van der Waals surface area (Å²) in [4.78, 5) is 0. The predicted octanol–water partition coefficient (Wildman–Crippen LogP) is 11.3. The molecule has 16 aliphatic carbocycles. The Kier molecular flexibility index (Phi) is 5.39. The lowest BCUT2D eigenvalue weighted by atomic mass is 9.54. The van der Waals surface area contributed by atoms with Crippen molar-refractivity contribution < 1.29 is 0 Å². The van der Waals surface area contributed by atoms with Gasteiger partial charge in [-0.15, -0.1) is 35.3 Å². The molecule has 16 aliphatic rings. The van der Waals surface area contributed by atoms with Gasteiger partial charge in [-0.3, -0.25) is 0 Å². The van der Waals surface area contributed by atoms with E-state index < -0.39 is 0 Å². The van der Waals surface area contributed by atoms with Crippen molar-refractivity contribution >= 4 is 35.3 Å². The quantitative estimate of drug-likeness (QED) is 0.285. The molecule has 3 heteroatoms. The Hall–Kier alpha value is 1.05. The molecule has 0 spiro atoms. The van der Waals surface area contributed by atoms with E-state index >= 15 is 0 Å². The van der Waals surface area contributed by atoms with Gasteiger partial charge >= 0.3 is 0 Å². The van der Waals surface area contributed by atoms with Crippen LogP contribution in [-0.2, 0) is 0 Å². The van der Waals surface area contributed by atoms with Crippen LogP contribution in [0, 0.1) is 59.2 Å². The van der Waals surface area contributed by atoms with E-state index in [2.05, 4.69) is 35.3 Å². The van der Waals surface area contributed by atoms with Gasteiger partial charge < -0.3 is 0 Å². The summed E-state index contributed by atoms with van der Waals surface area (Å²) in [5.74, 6) is 11.0. The molecule has 16 rings (SSSR count). The number of thioether (sulfide) groups is 3. The third-order valence-corrected chi connectivity index (χ3v) is 22.6. The molecule has 236 valence electrons. The molecule has 0 aromatic heterocycles. The van der Waals surface area contributed by atoms with E-state index in [1.54, 1.807) is 154 Å². The lowest BCUT2D eigenvalue weighted by Crippen LogP contribution is -2.66. The first-order chi connectivity index (χ1) is 20.7. The van der Waals surface area contributed by atoms with Crippen molar-refractivity contribution in [3.05, 3.63) is 0 Å². The van der Waals surface area contributed by atoms with Gasteiger partial charge in [0.25, 0.3) is 0 Å². The first-order valence-corrected chi connectivity index (χ1v) is 22.3. The third kappa shape index (κ3) is 4.10. The summed E-state index contributed by atoms with van der Waals surface area (Å²) in [6.45, 7) is 0. The minimum absolute atomic E-state index is 0.635. The van der Waals surface area contributed by atoms with Crippen LogP contribution in [0.25, 0.3) is 0 Å². The molecule has 0 amide bonds. The Morgan fingerprint density at radius 3 is 0.628 bits per heavy atom. The molecular formula is C40H58S3. The average Bonchev–Trinajstić information content (AvgIpc) is 2.83. The zero-order valence-corrected chi connectivity index (χ0v) is 29.4. The molecule has 0 unspecified atom stereocenters. The van der Waals surface area contributed by atoms with E-state index in [0.717, 1.165) is 59.2 Å². The molecule has 16 fully saturated rings. The van der Waals surface area contributed by atoms with Crippen LogP contribution in [0.3, 0.4) is 0 Å². The monoisotopic (exact) mass is 634 g/mol. The van der Waals surface area contributed by atoms with Crippen LogP contribution < -0.4 is 0 Å². The van der Waals surface area contributed by atoms with Gasteiger partial charge in [-0.05, 0) is 213 Å². The van der Waals surface area contributed by atoms with Gasteiger partial charge in [0.1, 0.15) is 0 Å². The van der Waals surface area contributed by atoms with E-state index in [1.807, 2.05) is 0 Å². The SMILES string of the molecule is C1C2CC3CC1CC(SC14CC5CC(SC67CC8CC(CC(C8)C6)C7)(C1)CC(SC16CC7CC(CC(C7)C1)C6)(C5)C4)(C2)C3. The summed E-state index contributed by atoms with van der Waals surface area (Å²) in [5.41, 5.74) is 0. The van der Waals surface area contributed by atoms with Crippen molar-refractivity contribution in [1.82, 2.24) is 0 Å². The van der Waals surface area contributed by atoms with Crippen LogP contribution >= 0.6 is 35.3 Å². The molecule has 0 nitrogen and oxygen atoms in total. The van der Waals surface area contributed by atoms with E-state index in [0.29, 0.717) is 28.5 Å². The van der Waals surface area contributed by atoms with Crippen LogP contribution in [0.4, 0.5) is 0 Å². The molecule has 16 saturated carbocycles. The lowest BCUT2D eigenvalue weighted by molar-refractivity contribution is 0.0264. The van der Waals surface area contributed by atoms with Crippen molar-refractivity contribution in [3.8, 4) is 0 Å². The van der Waals surface area contributed by atoms with Crippen LogP contribution in [0.15, 0.2) is 0 Å². The van der Waals surface area contributed by atoms with Crippen LogP contribution in [-0.4, -0.2) is 28.5 Å². The molecule has 43 heavy (non-hydrogen) atoms. The zero-order valence-electron chi connectivity index (χ0n) is 27.0. The smallest absolute Gasteiger partial charge is 0.0194 e. The highest BCUT2D eigenvalue weighted by atomic mass is 32.2. The van der Waals surface area contributed by atoms with Crippen molar-refractivity contribution in [2.24, 2.45) is 59.2 Å². The van der Waals surface area contributed by atoms with E-state index in [4.69, 9.17) is 0 Å². The van der Waals surface area contributed by atoms with Crippen LogP contribution in [0.2, 0.25) is 0 Å². The average molecular weight is 635 g/mol. The van der Waals surface area contributed by atoms with Gasteiger partial charge in [-0.2, -0.15) is 0 Å². The zero-order chi connectivity index (χ0) is 27.9. The highest BCUT2D eigenvalue weighted by Gasteiger charge is 2.69. The largest absolute Gasteiger partial charge is 0.148 e. The van der Waals surface area contributed by atoms with Gasteiger partial charge in [-0.25, -0.2) is 0 Å². The fourth-order valence-corrected chi connectivity index (χ4v) is 27.3. The highest BCUT2D eigenvalue weighted by molar-refractivity contribution is 8.04. The molecule has 0 aliphatic heterocycles. The molecule has 0 N–H and O–H groups in total. The van der Waals surface area contributed by atoms with Crippen molar-refractivity contribution in [3.63, 3.8) is 0 Å². The minimum Gasteiger partial charge on any atom is -0.148 e. The number of hydrogen-bond donors (Lipinski definition) is 0. The first kappa shape index (κ1) is 26.9. The third-order valence-electron chi connectivity index (χ3n) is 17.2. The van der Waals surface area contributed by atoms with Crippen molar-refractivity contribution in [2.75, 3.05) is 0 Å². The molecular weight excluding hydrogens is 577 g/mol. The van der Waals surface area contributed by atoms with E-state index in [1.165, 1.54) is 0 Å². The van der Waals surface area contributed by atoms with Crippen LogP contribution in [0.5, 0.6) is 0 Å². The van der Waals surface area contributed by atoms with Crippen molar-refractivity contribution in [2.45, 2.75) is 183 Å². The Morgan fingerprint density at radius 2 is 0.419 bits per heavy atom. The lowest BCUT2D eigenvalue weighted by Gasteiger charge is -2.71. The normalized spacial score (nSPS) is 66.1. The molecule has 0 radical (unpaired) electrons. The second kappa shape index (κ2) is 8.61. The Morgan fingerprint density at radius 1 is 0.233 bits per heavy atom. The molecule has 0 atom stereocenters. The van der Waals surface area contributed by atoms with Gasteiger partial charge in [0, 0.05) is 28.5 Å². The predicted molar refractivity (Wildman–Crippen MR) is 185 cm³/mol. The van der Waals surface area contributed by atoms with Gasteiger partial charge in [0.05, 0.1) is 0 Å². The molecule has 0 heterocycles. The summed E-state index contributed by atoms with van der Waals surface area (Å²) in [5, 5.41) is 0. The highest BCUT2D eigenvalue weighted by Crippen LogP contribution is 2.78. The summed E-state index contributed by atoms with van der Waals surface area (Å²) in [7, 11) is 0. The Labute approximate surface area is 275 Å². The van der Waals surface area contributed by atoms with Gasteiger partial charge in [0.15, 0.2) is 0 Å². The maximum Gasteiger partial charge on any atom is 0.0194 e. The Bertz CT molecular complexity index is 955. The number of rotatable bonds is 6. The fraction of sp³-hybridized carbons (Fsp3) is 1.00.